The van der Waals surface area contributed by atoms with Gasteiger partial charge in [0.1, 0.15) is 11.9 Å². The number of rotatable bonds is 4. The molecule has 0 spiro atoms. The number of aliphatic hydroxyl groups is 1. The van der Waals surface area contributed by atoms with Crippen LogP contribution in [0.15, 0.2) is 47.1 Å². The largest absolute Gasteiger partial charge is 0.466 e. The van der Waals surface area contributed by atoms with Crippen LogP contribution in [0.25, 0.3) is 0 Å². The highest BCUT2D eigenvalue weighted by atomic mass is 16.4. The van der Waals surface area contributed by atoms with Crippen LogP contribution in [0.3, 0.4) is 0 Å². The van der Waals surface area contributed by atoms with E-state index in [1.54, 1.807) is 18.4 Å². The number of aliphatic hydroxyl groups excluding tert-OH is 1. The molecule has 2 rings (SSSR count). The first-order chi connectivity index (χ1) is 7.81. The van der Waals surface area contributed by atoms with E-state index in [9.17, 15) is 5.11 Å². The average molecular weight is 216 g/mol. The van der Waals surface area contributed by atoms with Crippen LogP contribution in [0.5, 0.6) is 0 Å². The maximum Gasteiger partial charge on any atom is 0.137 e. The monoisotopic (exact) mass is 216 g/mol. The summed E-state index contributed by atoms with van der Waals surface area (Å²) >= 11 is 0. The minimum absolute atomic E-state index is 0.586. The molecule has 0 unspecified atom stereocenters. The SMILES string of the molecule is CCCc1ccc([C@H](O)c2ccco2)cc1. The van der Waals surface area contributed by atoms with Crippen molar-refractivity contribution in [2.45, 2.75) is 25.9 Å². The smallest absolute Gasteiger partial charge is 0.137 e. The standard InChI is InChI=1S/C14H16O2/c1-2-4-11-6-8-12(9-7-11)14(15)13-5-3-10-16-13/h3,5-10,14-15H,2,4H2,1H3/t14-/m0/s1. The summed E-state index contributed by atoms with van der Waals surface area (Å²) in [7, 11) is 0. The van der Waals surface area contributed by atoms with Gasteiger partial charge in [-0.15, -0.1) is 0 Å². The van der Waals surface area contributed by atoms with Crippen LogP contribution in [0, 0.1) is 0 Å². The van der Waals surface area contributed by atoms with E-state index in [2.05, 4.69) is 19.1 Å². The summed E-state index contributed by atoms with van der Waals surface area (Å²) in [6.07, 6.45) is 3.13. The molecule has 1 aromatic heterocycles. The van der Waals surface area contributed by atoms with Crippen molar-refractivity contribution in [3.63, 3.8) is 0 Å². The number of furan rings is 1. The molecule has 2 aromatic rings. The predicted octanol–water partition coefficient (Wildman–Crippen LogP) is 3.31. The zero-order chi connectivity index (χ0) is 11.4. The first-order valence-corrected chi connectivity index (χ1v) is 5.61. The van der Waals surface area contributed by atoms with Gasteiger partial charge < -0.3 is 9.52 Å². The van der Waals surface area contributed by atoms with Crippen molar-refractivity contribution >= 4 is 0 Å². The minimum atomic E-state index is -0.661. The van der Waals surface area contributed by atoms with Crippen molar-refractivity contribution in [2.75, 3.05) is 0 Å². The molecule has 84 valence electrons. The lowest BCUT2D eigenvalue weighted by Gasteiger charge is -2.08. The lowest BCUT2D eigenvalue weighted by Crippen LogP contribution is -1.98. The Morgan fingerprint density at radius 2 is 1.94 bits per heavy atom. The zero-order valence-electron chi connectivity index (χ0n) is 9.39. The Morgan fingerprint density at radius 3 is 2.50 bits per heavy atom. The summed E-state index contributed by atoms with van der Waals surface area (Å²) < 4.78 is 5.18. The van der Waals surface area contributed by atoms with Gasteiger partial charge in [-0.1, -0.05) is 37.6 Å². The van der Waals surface area contributed by atoms with Crippen molar-refractivity contribution in [2.24, 2.45) is 0 Å². The number of hydrogen-bond acceptors (Lipinski definition) is 2. The molecule has 1 aromatic carbocycles. The van der Waals surface area contributed by atoms with Gasteiger partial charge in [-0.05, 0) is 29.7 Å². The van der Waals surface area contributed by atoms with Crippen LogP contribution < -0.4 is 0 Å². The van der Waals surface area contributed by atoms with E-state index >= 15 is 0 Å². The molecule has 1 atom stereocenters. The Labute approximate surface area is 95.5 Å². The number of aryl methyl sites for hydroxylation is 1. The highest BCUT2D eigenvalue weighted by molar-refractivity contribution is 5.28. The average Bonchev–Trinajstić information content (AvgIpc) is 2.83. The fourth-order valence-corrected chi connectivity index (χ4v) is 1.77. The second-order valence-corrected chi connectivity index (χ2v) is 3.91. The van der Waals surface area contributed by atoms with Crippen LogP contribution in [0.4, 0.5) is 0 Å². The number of hydrogen-bond donors (Lipinski definition) is 1. The molecule has 0 radical (unpaired) electrons. The summed E-state index contributed by atoms with van der Waals surface area (Å²) in [4.78, 5) is 0. The Kier molecular flexibility index (Phi) is 3.42. The lowest BCUT2D eigenvalue weighted by molar-refractivity contribution is 0.189. The molecule has 0 saturated carbocycles. The highest BCUT2D eigenvalue weighted by Crippen LogP contribution is 2.22. The number of benzene rings is 1. The van der Waals surface area contributed by atoms with Crippen LogP contribution in [-0.4, -0.2) is 5.11 Å². The molecular formula is C14H16O2. The predicted molar refractivity (Wildman–Crippen MR) is 63.2 cm³/mol. The minimum Gasteiger partial charge on any atom is -0.466 e. The maximum absolute atomic E-state index is 10.0. The van der Waals surface area contributed by atoms with Gasteiger partial charge >= 0.3 is 0 Å². The molecule has 0 fully saturated rings. The van der Waals surface area contributed by atoms with E-state index in [0.717, 1.165) is 18.4 Å². The van der Waals surface area contributed by atoms with Gasteiger partial charge in [0, 0.05) is 0 Å². The molecule has 1 heterocycles. The van der Waals surface area contributed by atoms with E-state index in [4.69, 9.17) is 4.42 Å². The third-order valence-electron chi connectivity index (χ3n) is 2.65. The van der Waals surface area contributed by atoms with Crippen LogP contribution in [-0.2, 0) is 6.42 Å². The van der Waals surface area contributed by atoms with Crippen LogP contribution >= 0.6 is 0 Å². The first-order valence-electron chi connectivity index (χ1n) is 5.61. The third kappa shape index (κ3) is 2.34. The van der Waals surface area contributed by atoms with Gasteiger partial charge in [0.15, 0.2) is 0 Å². The van der Waals surface area contributed by atoms with E-state index in [1.807, 2.05) is 12.1 Å². The van der Waals surface area contributed by atoms with E-state index < -0.39 is 6.10 Å². The van der Waals surface area contributed by atoms with Gasteiger partial charge in [0.05, 0.1) is 6.26 Å². The van der Waals surface area contributed by atoms with Gasteiger partial charge in [-0.25, -0.2) is 0 Å². The fraction of sp³-hybridized carbons (Fsp3) is 0.286. The molecule has 0 aliphatic carbocycles. The van der Waals surface area contributed by atoms with E-state index in [1.165, 1.54) is 5.56 Å². The second kappa shape index (κ2) is 4.99. The van der Waals surface area contributed by atoms with E-state index in [-0.39, 0.29) is 0 Å². The van der Waals surface area contributed by atoms with Gasteiger partial charge in [0.25, 0.3) is 0 Å². The molecule has 0 saturated heterocycles. The normalized spacial score (nSPS) is 12.6. The fourth-order valence-electron chi connectivity index (χ4n) is 1.77. The molecule has 0 aliphatic rings. The van der Waals surface area contributed by atoms with Crippen molar-refractivity contribution in [3.05, 3.63) is 59.5 Å². The summed E-state index contributed by atoms with van der Waals surface area (Å²) in [6.45, 7) is 2.16. The first kappa shape index (κ1) is 11.0. The van der Waals surface area contributed by atoms with Gasteiger partial charge in [-0.3, -0.25) is 0 Å². The second-order valence-electron chi connectivity index (χ2n) is 3.91. The molecule has 2 heteroatoms. The Bertz CT molecular complexity index is 415. The molecule has 0 aliphatic heterocycles. The zero-order valence-corrected chi connectivity index (χ0v) is 9.39. The highest BCUT2D eigenvalue weighted by Gasteiger charge is 2.12. The maximum atomic E-state index is 10.0. The lowest BCUT2D eigenvalue weighted by atomic mass is 10.0. The van der Waals surface area contributed by atoms with Crippen molar-refractivity contribution in [1.29, 1.82) is 0 Å². The molecule has 0 bridgehead atoms. The molecule has 1 N–H and O–H groups in total. The van der Waals surface area contributed by atoms with E-state index in [0.29, 0.717) is 5.76 Å². The third-order valence-corrected chi connectivity index (χ3v) is 2.65. The summed E-state index contributed by atoms with van der Waals surface area (Å²) in [6, 6.07) is 11.6. The topological polar surface area (TPSA) is 33.4 Å². The molecule has 16 heavy (non-hydrogen) atoms. The van der Waals surface area contributed by atoms with Crippen LogP contribution in [0.2, 0.25) is 0 Å². The van der Waals surface area contributed by atoms with Crippen molar-refractivity contribution in [1.82, 2.24) is 0 Å². The quantitative estimate of drug-likeness (QED) is 0.850. The Hall–Kier alpha value is -1.54. The molecule has 2 nitrogen and oxygen atoms in total. The van der Waals surface area contributed by atoms with Crippen molar-refractivity contribution < 1.29 is 9.52 Å². The summed E-state index contributed by atoms with van der Waals surface area (Å²) in [5, 5.41) is 10.0. The Balaban J connectivity index is 2.15. The summed E-state index contributed by atoms with van der Waals surface area (Å²) in [5.41, 5.74) is 2.17. The van der Waals surface area contributed by atoms with Crippen LogP contribution in [0.1, 0.15) is 36.3 Å². The Morgan fingerprint density at radius 1 is 1.19 bits per heavy atom. The summed E-state index contributed by atoms with van der Waals surface area (Å²) in [5.74, 6) is 0.586. The van der Waals surface area contributed by atoms with Crippen molar-refractivity contribution in [3.8, 4) is 0 Å². The molecule has 0 amide bonds. The molecular weight excluding hydrogens is 200 g/mol. The van der Waals surface area contributed by atoms with Gasteiger partial charge in [-0.2, -0.15) is 0 Å². The van der Waals surface area contributed by atoms with Gasteiger partial charge in [0.2, 0.25) is 0 Å².